The summed E-state index contributed by atoms with van der Waals surface area (Å²) >= 11 is 0. The normalized spacial score (nSPS) is 12.3. The number of unbranched alkanes of at least 4 members (excludes halogenated alkanes) is 9. The lowest BCUT2D eigenvalue weighted by molar-refractivity contribution is 0.532. The molecule has 0 bridgehead atoms. The highest BCUT2D eigenvalue weighted by atomic mass is 14.8. The Morgan fingerprint density at radius 3 is 1.89 bits per heavy atom. The van der Waals surface area contributed by atoms with Crippen LogP contribution in [-0.2, 0) is 0 Å². The van der Waals surface area contributed by atoms with Crippen molar-refractivity contribution in [3.05, 3.63) is 0 Å². The van der Waals surface area contributed by atoms with Crippen LogP contribution in [0.2, 0.25) is 0 Å². The van der Waals surface area contributed by atoms with E-state index in [1.54, 1.807) is 0 Å². The van der Waals surface area contributed by atoms with E-state index in [1.807, 2.05) is 6.92 Å². The van der Waals surface area contributed by atoms with E-state index in [0.29, 0.717) is 0 Å². The molecule has 0 fully saturated rings. The Morgan fingerprint density at radius 1 is 0.889 bits per heavy atom. The van der Waals surface area contributed by atoms with Gasteiger partial charge in [0, 0.05) is 6.54 Å². The Balaban J connectivity index is 2.97. The van der Waals surface area contributed by atoms with Crippen LogP contribution in [0.4, 0.5) is 0 Å². The average Bonchev–Trinajstić information content (AvgIpc) is 2.39. The minimum atomic E-state index is 0.146. The van der Waals surface area contributed by atoms with Gasteiger partial charge in [-0.2, -0.15) is 5.26 Å². The molecule has 0 aliphatic heterocycles. The molecule has 0 saturated carbocycles. The van der Waals surface area contributed by atoms with Gasteiger partial charge in [-0.1, -0.05) is 64.7 Å². The standard InChI is InChI=1S/C16H32N2/c1-3-4-5-6-7-8-9-10-11-12-13-18-15-16(2)14-17/h16,18H,3-13,15H2,1-2H3. The van der Waals surface area contributed by atoms with Crippen LogP contribution >= 0.6 is 0 Å². The number of nitriles is 1. The van der Waals surface area contributed by atoms with Crippen molar-refractivity contribution in [3.8, 4) is 6.07 Å². The van der Waals surface area contributed by atoms with Crippen molar-refractivity contribution in [1.82, 2.24) is 5.32 Å². The first-order valence-corrected chi connectivity index (χ1v) is 7.91. The second-order valence-corrected chi connectivity index (χ2v) is 5.42. The molecule has 0 radical (unpaired) electrons. The summed E-state index contributed by atoms with van der Waals surface area (Å²) < 4.78 is 0. The summed E-state index contributed by atoms with van der Waals surface area (Å²) in [6, 6.07) is 2.24. The lowest BCUT2D eigenvalue weighted by Gasteiger charge is -2.05. The zero-order chi connectivity index (χ0) is 13.5. The van der Waals surface area contributed by atoms with Crippen LogP contribution < -0.4 is 5.32 Å². The van der Waals surface area contributed by atoms with Crippen LogP contribution in [0.1, 0.15) is 78.1 Å². The molecule has 0 aromatic heterocycles. The van der Waals surface area contributed by atoms with E-state index >= 15 is 0 Å². The Kier molecular flexibility index (Phi) is 14.1. The molecule has 0 aliphatic rings. The molecule has 0 rings (SSSR count). The van der Waals surface area contributed by atoms with Crippen LogP contribution in [0.15, 0.2) is 0 Å². The zero-order valence-electron chi connectivity index (χ0n) is 12.5. The smallest absolute Gasteiger partial charge is 0.0666 e. The third-order valence-corrected chi connectivity index (χ3v) is 3.38. The van der Waals surface area contributed by atoms with Crippen molar-refractivity contribution in [2.45, 2.75) is 78.1 Å². The Morgan fingerprint density at radius 2 is 1.39 bits per heavy atom. The van der Waals surface area contributed by atoms with E-state index in [9.17, 15) is 0 Å². The fourth-order valence-electron chi connectivity index (χ4n) is 2.10. The van der Waals surface area contributed by atoms with Crippen LogP contribution in [-0.4, -0.2) is 13.1 Å². The van der Waals surface area contributed by atoms with Gasteiger partial charge in [-0.25, -0.2) is 0 Å². The number of hydrogen-bond donors (Lipinski definition) is 1. The highest BCUT2D eigenvalue weighted by molar-refractivity contribution is 4.79. The van der Waals surface area contributed by atoms with E-state index in [2.05, 4.69) is 18.3 Å². The van der Waals surface area contributed by atoms with Crippen molar-refractivity contribution in [3.63, 3.8) is 0 Å². The number of rotatable bonds is 13. The predicted octanol–water partition coefficient (Wildman–Crippen LogP) is 4.66. The third kappa shape index (κ3) is 13.5. The largest absolute Gasteiger partial charge is 0.315 e. The van der Waals surface area contributed by atoms with E-state index in [4.69, 9.17) is 5.26 Å². The summed E-state index contributed by atoms with van der Waals surface area (Å²) in [6.45, 7) is 6.15. The first-order chi connectivity index (χ1) is 8.81. The Labute approximate surface area is 114 Å². The molecule has 106 valence electrons. The maximum atomic E-state index is 8.62. The van der Waals surface area contributed by atoms with Gasteiger partial charge in [-0.15, -0.1) is 0 Å². The van der Waals surface area contributed by atoms with Gasteiger partial charge in [-0.3, -0.25) is 0 Å². The summed E-state index contributed by atoms with van der Waals surface area (Å²) in [5, 5.41) is 12.0. The predicted molar refractivity (Wildman–Crippen MR) is 79.5 cm³/mol. The number of nitrogens with one attached hydrogen (secondary N) is 1. The van der Waals surface area contributed by atoms with Crippen molar-refractivity contribution in [2.24, 2.45) is 5.92 Å². The second-order valence-electron chi connectivity index (χ2n) is 5.42. The van der Waals surface area contributed by atoms with Crippen molar-refractivity contribution >= 4 is 0 Å². The molecule has 1 N–H and O–H groups in total. The highest BCUT2D eigenvalue weighted by Gasteiger charge is 1.97. The maximum Gasteiger partial charge on any atom is 0.0666 e. The van der Waals surface area contributed by atoms with Gasteiger partial charge >= 0.3 is 0 Å². The van der Waals surface area contributed by atoms with Gasteiger partial charge in [0.2, 0.25) is 0 Å². The molecule has 0 heterocycles. The molecule has 0 spiro atoms. The van der Waals surface area contributed by atoms with Crippen LogP contribution in [0, 0.1) is 17.2 Å². The monoisotopic (exact) mass is 252 g/mol. The molecule has 0 amide bonds. The minimum Gasteiger partial charge on any atom is -0.315 e. The fourth-order valence-corrected chi connectivity index (χ4v) is 2.10. The molecule has 0 aromatic rings. The molecule has 1 atom stereocenters. The molecule has 0 saturated heterocycles. The molecule has 0 aromatic carbocycles. The first-order valence-electron chi connectivity index (χ1n) is 7.91. The lowest BCUT2D eigenvalue weighted by atomic mass is 10.1. The summed E-state index contributed by atoms with van der Waals surface area (Å²) in [7, 11) is 0. The molecule has 1 unspecified atom stereocenters. The summed E-state index contributed by atoms with van der Waals surface area (Å²) in [4.78, 5) is 0. The Hall–Kier alpha value is -0.550. The SMILES string of the molecule is CCCCCCCCCCCCNCC(C)C#N. The zero-order valence-corrected chi connectivity index (χ0v) is 12.5. The van der Waals surface area contributed by atoms with Gasteiger partial charge in [0.15, 0.2) is 0 Å². The van der Waals surface area contributed by atoms with Crippen LogP contribution in [0.3, 0.4) is 0 Å². The van der Waals surface area contributed by atoms with E-state index in [-0.39, 0.29) is 5.92 Å². The molecule has 2 nitrogen and oxygen atoms in total. The van der Waals surface area contributed by atoms with Gasteiger partial charge in [0.05, 0.1) is 12.0 Å². The van der Waals surface area contributed by atoms with Crippen molar-refractivity contribution in [1.29, 1.82) is 5.26 Å². The van der Waals surface area contributed by atoms with E-state index in [0.717, 1.165) is 13.1 Å². The summed E-state index contributed by atoms with van der Waals surface area (Å²) in [6.07, 6.45) is 13.8. The van der Waals surface area contributed by atoms with Crippen molar-refractivity contribution < 1.29 is 0 Å². The lowest BCUT2D eigenvalue weighted by Crippen LogP contribution is -2.21. The topological polar surface area (TPSA) is 35.8 Å². The fraction of sp³-hybridized carbons (Fsp3) is 0.938. The summed E-state index contributed by atoms with van der Waals surface area (Å²) in [5.74, 6) is 0.146. The van der Waals surface area contributed by atoms with E-state index < -0.39 is 0 Å². The van der Waals surface area contributed by atoms with Crippen LogP contribution in [0.25, 0.3) is 0 Å². The van der Waals surface area contributed by atoms with E-state index in [1.165, 1.54) is 64.2 Å². The van der Waals surface area contributed by atoms with Gasteiger partial charge in [0.25, 0.3) is 0 Å². The minimum absolute atomic E-state index is 0.146. The maximum absolute atomic E-state index is 8.62. The number of hydrogen-bond acceptors (Lipinski definition) is 2. The van der Waals surface area contributed by atoms with Crippen LogP contribution in [0.5, 0.6) is 0 Å². The van der Waals surface area contributed by atoms with Gasteiger partial charge < -0.3 is 5.32 Å². The molecular weight excluding hydrogens is 220 g/mol. The third-order valence-electron chi connectivity index (χ3n) is 3.38. The quantitative estimate of drug-likeness (QED) is 0.484. The summed E-state index contributed by atoms with van der Waals surface area (Å²) in [5.41, 5.74) is 0. The molecular formula is C16H32N2. The van der Waals surface area contributed by atoms with Crippen molar-refractivity contribution in [2.75, 3.05) is 13.1 Å². The second kappa shape index (κ2) is 14.5. The highest BCUT2D eigenvalue weighted by Crippen LogP contribution is 2.10. The molecule has 18 heavy (non-hydrogen) atoms. The molecule has 0 aliphatic carbocycles. The van der Waals surface area contributed by atoms with Gasteiger partial charge in [0.1, 0.15) is 0 Å². The average molecular weight is 252 g/mol. The van der Waals surface area contributed by atoms with Gasteiger partial charge in [-0.05, 0) is 19.9 Å². The Bertz CT molecular complexity index is 196. The first kappa shape index (κ1) is 17.4. The number of nitrogens with zero attached hydrogens (tertiary/aromatic N) is 1. The molecule has 2 heteroatoms.